The lowest BCUT2D eigenvalue weighted by atomic mass is 10.1. The highest BCUT2D eigenvalue weighted by Gasteiger charge is 2.28. The summed E-state index contributed by atoms with van der Waals surface area (Å²) in [5.74, 6) is -1.46. The molecule has 0 aliphatic heterocycles. The van der Waals surface area contributed by atoms with Gasteiger partial charge in [-0.25, -0.2) is 9.78 Å². The third-order valence-corrected chi connectivity index (χ3v) is 5.78. The van der Waals surface area contributed by atoms with Crippen LogP contribution in [0.5, 0.6) is 0 Å². The number of aromatic nitrogens is 2. The zero-order valence-electron chi connectivity index (χ0n) is 20.0. The molecule has 2 aromatic carbocycles. The van der Waals surface area contributed by atoms with E-state index in [0.717, 1.165) is 0 Å². The fourth-order valence-electron chi connectivity index (χ4n) is 3.29. The molecule has 12 nitrogen and oxygen atoms in total. The van der Waals surface area contributed by atoms with Gasteiger partial charge in [0.15, 0.2) is 6.04 Å². The molecule has 3 aromatic rings. The van der Waals surface area contributed by atoms with Crippen molar-refractivity contribution in [2.75, 3.05) is 18.5 Å². The number of H-pyrrole nitrogens is 1. The summed E-state index contributed by atoms with van der Waals surface area (Å²) in [6.45, 7) is -0.119. The number of nitrogens with zero attached hydrogens (tertiary/aromatic N) is 2. The molecule has 202 valence electrons. The Morgan fingerprint density at radius 3 is 2.39 bits per heavy atom. The van der Waals surface area contributed by atoms with E-state index in [4.69, 9.17) is 32.8 Å². The highest BCUT2D eigenvalue weighted by atomic mass is 35.5. The molecule has 0 saturated carbocycles. The van der Waals surface area contributed by atoms with Gasteiger partial charge >= 0.3 is 11.9 Å². The quantitative estimate of drug-likeness (QED) is 0.106. The maximum atomic E-state index is 13.2. The summed E-state index contributed by atoms with van der Waals surface area (Å²) < 4.78 is 5.26. The smallest absolute Gasteiger partial charge is 0.351 e. The first-order valence-electron chi connectivity index (χ1n) is 11.5. The maximum absolute atomic E-state index is 13.2. The fourth-order valence-corrected chi connectivity index (χ4v) is 3.80. The van der Waals surface area contributed by atoms with Crippen LogP contribution in [-0.2, 0) is 30.4 Å². The number of carbonyl (C=O) groups excluding carboxylic acids is 2. The van der Waals surface area contributed by atoms with Gasteiger partial charge in [0.1, 0.15) is 6.04 Å². The van der Waals surface area contributed by atoms with E-state index in [-0.39, 0.29) is 19.6 Å². The van der Waals surface area contributed by atoms with Gasteiger partial charge in [0.2, 0.25) is 0 Å². The Balaban J connectivity index is 1.67. The molecule has 0 aliphatic carbocycles. The Labute approximate surface area is 227 Å². The standard InChI is InChI=1S/C24H25Cl2N5O7/c25-18-9-6-10-19(26)22(18)29-21(16-7-2-1-3-8-16)24(33)38-30-20(13-17-14-27-15-28-17)23(32)36-11-4-5-12-37-31(34)35/h1-3,6-10,14-15,20-21,29-30H,4-5,11-13H2,(H,27,28). The lowest BCUT2D eigenvalue weighted by Gasteiger charge is -2.22. The van der Waals surface area contributed by atoms with Gasteiger partial charge < -0.3 is 24.7 Å². The topological polar surface area (TPSA) is 158 Å². The third-order valence-electron chi connectivity index (χ3n) is 5.15. The van der Waals surface area contributed by atoms with Gasteiger partial charge in [0.25, 0.3) is 5.09 Å². The molecule has 38 heavy (non-hydrogen) atoms. The number of para-hydroxylation sites is 1. The number of benzene rings is 2. The van der Waals surface area contributed by atoms with Crippen molar-refractivity contribution in [3.8, 4) is 0 Å². The van der Waals surface area contributed by atoms with Crippen LogP contribution in [-0.4, -0.2) is 46.2 Å². The Kier molecular flexibility index (Phi) is 11.1. The molecular formula is C24H25Cl2N5O7. The van der Waals surface area contributed by atoms with Crippen LogP contribution in [0.2, 0.25) is 10.0 Å². The van der Waals surface area contributed by atoms with Crippen LogP contribution < -0.4 is 10.8 Å². The zero-order valence-corrected chi connectivity index (χ0v) is 21.5. The molecule has 14 heteroatoms. The highest BCUT2D eigenvalue weighted by Crippen LogP contribution is 2.33. The number of ether oxygens (including phenoxy) is 1. The number of hydrogen-bond acceptors (Lipinski definition) is 10. The number of nitrogens with one attached hydrogen (secondary N) is 3. The Morgan fingerprint density at radius 1 is 1.03 bits per heavy atom. The van der Waals surface area contributed by atoms with Gasteiger partial charge in [0, 0.05) is 12.6 Å². The number of unbranched alkanes of at least 4 members (excludes halogenated alkanes) is 1. The van der Waals surface area contributed by atoms with E-state index < -0.39 is 29.1 Å². The summed E-state index contributed by atoms with van der Waals surface area (Å²) in [6, 6.07) is 11.6. The number of halogens is 2. The number of carbonyl (C=O) groups is 2. The molecule has 0 saturated heterocycles. The summed E-state index contributed by atoms with van der Waals surface area (Å²) in [5.41, 5.74) is 3.93. The summed E-state index contributed by atoms with van der Waals surface area (Å²) in [4.78, 5) is 52.6. The van der Waals surface area contributed by atoms with Crippen molar-refractivity contribution in [1.82, 2.24) is 15.4 Å². The van der Waals surface area contributed by atoms with Crippen molar-refractivity contribution in [2.24, 2.45) is 0 Å². The summed E-state index contributed by atoms with van der Waals surface area (Å²) in [6.07, 6.45) is 3.75. The SMILES string of the molecule is O=C(OCCCCO[N+](=O)[O-])C(Cc1c[nH]cn1)NOC(=O)C(Nc1c(Cl)cccc1Cl)c1ccccc1. The van der Waals surface area contributed by atoms with Crippen LogP contribution in [0.15, 0.2) is 61.1 Å². The van der Waals surface area contributed by atoms with Crippen molar-refractivity contribution >= 4 is 40.8 Å². The second-order valence-corrected chi connectivity index (χ2v) is 8.69. The lowest BCUT2D eigenvalue weighted by Crippen LogP contribution is -2.42. The number of esters is 1. The van der Waals surface area contributed by atoms with E-state index >= 15 is 0 Å². The van der Waals surface area contributed by atoms with Crippen LogP contribution in [0, 0.1) is 10.1 Å². The molecule has 1 aromatic heterocycles. The molecule has 0 bridgehead atoms. The molecule has 2 unspecified atom stereocenters. The number of hydroxylamine groups is 1. The third kappa shape index (κ3) is 8.91. The predicted molar refractivity (Wildman–Crippen MR) is 138 cm³/mol. The average Bonchev–Trinajstić information content (AvgIpc) is 3.41. The minimum Gasteiger partial charge on any atom is -0.464 e. The lowest BCUT2D eigenvalue weighted by molar-refractivity contribution is -0.757. The number of aromatic amines is 1. The molecular weight excluding hydrogens is 541 g/mol. The van der Waals surface area contributed by atoms with Crippen molar-refractivity contribution < 1.29 is 29.1 Å². The predicted octanol–water partition coefficient (Wildman–Crippen LogP) is 4.06. The summed E-state index contributed by atoms with van der Waals surface area (Å²) in [7, 11) is 0. The van der Waals surface area contributed by atoms with Gasteiger partial charge in [-0.2, -0.15) is 0 Å². The number of anilines is 1. The van der Waals surface area contributed by atoms with Crippen LogP contribution in [0.3, 0.4) is 0 Å². The van der Waals surface area contributed by atoms with Crippen LogP contribution in [0.1, 0.15) is 30.1 Å². The minimum atomic E-state index is -1.09. The average molecular weight is 566 g/mol. The molecule has 2 atom stereocenters. The first kappa shape index (κ1) is 28.7. The normalized spacial score (nSPS) is 12.3. The van der Waals surface area contributed by atoms with Crippen LogP contribution >= 0.6 is 23.2 Å². The van der Waals surface area contributed by atoms with E-state index in [0.29, 0.717) is 39.8 Å². The van der Waals surface area contributed by atoms with Crippen molar-refractivity contribution in [3.05, 3.63) is 92.5 Å². The fraction of sp³-hybridized carbons (Fsp3) is 0.292. The van der Waals surface area contributed by atoms with Crippen LogP contribution in [0.25, 0.3) is 0 Å². The molecule has 1 heterocycles. The van der Waals surface area contributed by atoms with Gasteiger partial charge in [-0.3, -0.25) is 4.79 Å². The van der Waals surface area contributed by atoms with Gasteiger partial charge in [-0.05, 0) is 30.5 Å². The second kappa shape index (κ2) is 14.8. The van der Waals surface area contributed by atoms with Gasteiger partial charge in [0.05, 0.1) is 41.0 Å². The van der Waals surface area contributed by atoms with Gasteiger partial charge in [-0.1, -0.05) is 59.6 Å². The number of hydrogen-bond donors (Lipinski definition) is 3. The van der Waals surface area contributed by atoms with Crippen LogP contribution in [0.4, 0.5) is 5.69 Å². The minimum absolute atomic E-state index is 0.00813. The van der Waals surface area contributed by atoms with E-state index in [1.165, 1.54) is 6.33 Å². The van der Waals surface area contributed by atoms with Crippen molar-refractivity contribution in [3.63, 3.8) is 0 Å². The zero-order chi connectivity index (χ0) is 27.3. The summed E-state index contributed by atoms with van der Waals surface area (Å²) in [5, 5.41) is 13.0. The second-order valence-electron chi connectivity index (χ2n) is 7.87. The Bertz CT molecular complexity index is 1180. The molecule has 0 spiro atoms. The van der Waals surface area contributed by atoms with Crippen molar-refractivity contribution in [1.29, 1.82) is 0 Å². The summed E-state index contributed by atoms with van der Waals surface area (Å²) >= 11 is 12.6. The molecule has 0 amide bonds. The highest BCUT2D eigenvalue weighted by molar-refractivity contribution is 6.39. The molecule has 3 rings (SSSR count). The van der Waals surface area contributed by atoms with E-state index in [9.17, 15) is 19.7 Å². The molecule has 0 aliphatic rings. The number of rotatable bonds is 15. The Morgan fingerprint density at radius 2 is 1.74 bits per heavy atom. The van der Waals surface area contributed by atoms with E-state index in [2.05, 4.69) is 25.6 Å². The molecule has 3 N–H and O–H groups in total. The monoisotopic (exact) mass is 565 g/mol. The largest absolute Gasteiger partial charge is 0.464 e. The van der Waals surface area contributed by atoms with E-state index in [1.54, 1.807) is 54.7 Å². The van der Waals surface area contributed by atoms with E-state index in [1.807, 2.05) is 0 Å². The molecule has 0 fully saturated rings. The van der Waals surface area contributed by atoms with Crippen molar-refractivity contribution in [2.45, 2.75) is 31.3 Å². The first-order chi connectivity index (χ1) is 18.3. The van der Waals surface area contributed by atoms with Gasteiger partial charge in [-0.15, -0.1) is 15.6 Å². The number of imidazole rings is 1. The molecule has 0 radical (unpaired) electrons. The maximum Gasteiger partial charge on any atom is 0.351 e. The Hall–Kier alpha value is -3.87. The first-order valence-corrected chi connectivity index (χ1v) is 12.2.